The van der Waals surface area contributed by atoms with Crippen molar-refractivity contribution in [3.8, 4) is 0 Å². The number of piperazine rings is 1. The summed E-state index contributed by atoms with van der Waals surface area (Å²) < 4.78 is 13.7. The predicted octanol–water partition coefficient (Wildman–Crippen LogP) is 2.09. The number of amides is 3. The van der Waals surface area contributed by atoms with Gasteiger partial charge in [0.15, 0.2) is 0 Å². The van der Waals surface area contributed by atoms with Gasteiger partial charge in [0.1, 0.15) is 5.82 Å². The zero-order valence-corrected chi connectivity index (χ0v) is 13.2. The van der Waals surface area contributed by atoms with Gasteiger partial charge in [-0.1, -0.05) is 12.1 Å². The van der Waals surface area contributed by atoms with Crippen molar-refractivity contribution in [1.82, 2.24) is 15.1 Å². The lowest BCUT2D eigenvalue weighted by Crippen LogP contribution is -2.56. The number of benzene rings is 1. The van der Waals surface area contributed by atoms with E-state index in [0.29, 0.717) is 26.2 Å². The highest BCUT2D eigenvalue weighted by Gasteiger charge is 2.27. The van der Waals surface area contributed by atoms with Crippen LogP contribution in [0, 0.1) is 5.82 Å². The Kier molecular flexibility index (Phi) is 4.68. The van der Waals surface area contributed by atoms with Crippen molar-refractivity contribution in [3.63, 3.8) is 0 Å². The molecule has 0 atom stereocenters. The first-order valence-corrected chi connectivity index (χ1v) is 7.39. The number of rotatable bonds is 1. The normalized spacial score (nSPS) is 15.6. The van der Waals surface area contributed by atoms with Gasteiger partial charge in [0.25, 0.3) is 5.91 Å². The van der Waals surface area contributed by atoms with Crippen LogP contribution in [0.2, 0.25) is 0 Å². The molecule has 0 radical (unpaired) electrons. The SMILES string of the molecule is CC(C)(C)NC(=O)N1CCN(C(=O)c2ccccc2F)CC1. The number of nitrogens with zero attached hydrogens (tertiary/aromatic N) is 2. The fourth-order valence-corrected chi connectivity index (χ4v) is 2.32. The molecule has 1 fully saturated rings. The van der Waals surface area contributed by atoms with Crippen molar-refractivity contribution in [1.29, 1.82) is 0 Å². The second-order valence-electron chi connectivity index (χ2n) is 6.44. The van der Waals surface area contributed by atoms with Crippen LogP contribution in [0.25, 0.3) is 0 Å². The minimum Gasteiger partial charge on any atom is -0.335 e. The van der Waals surface area contributed by atoms with E-state index >= 15 is 0 Å². The molecule has 0 unspecified atom stereocenters. The Morgan fingerprint density at radius 3 is 2.14 bits per heavy atom. The lowest BCUT2D eigenvalue weighted by Gasteiger charge is -2.36. The Hall–Kier alpha value is -2.11. The summed E-state index contributed by atoms with van der Waals surface area (Å²) in [5.41, 5.74) is -0.216. The van der Waals surface area contributed by atoms with Gasteiger partial charge in [-0.2, -0.15) is 0 Å². The van der Waals surface area contributed by atoms with Gasteiger partial charge in [0.05, 0.1) is 5.56 Å². The van der Waals surface area contributed by atoms with Crippen molar-refractivity contribution in [2.45, 2.75) is 26.3 Å². The largest absolute Gasteiger partial charge is 0.335 e. The minimum atomic E-state index is -0.514. The molecule has 0 aliphatic carbocycles. The first-order chi connectivity index (χ1) is 10.3. The Morgan fingerprint density at radius 1 is 1.05 bits per heavy atom. The van der Waals surface area contributed by atoms with Crippen molar-refractivity contribution in [3.05, 3.63) is 35.6 Å². The average molecular weight is 307 g/mol. The van der Waals surface area contributed by atoms with Crippen LogP contribution in [0.5, 0.6) is 0 Å². The van der Waals surface area contributed by atoms with E-state index < -0.39 is 5.82 Å². The van der Waals surface area contributed by atoms with E-state index in [4.69, 9.17) is 0 Å². The molecule has 5 nitrogen and oxygen atoms in total. The van der Waals surface area contributed by atoms with Gasteiger partial charge >= 0.3 is 6.03 Å². The van der Waals surface area contributed by atoms with Gasteiger partial charge in [0, 0.05) is 31.7 Å². The minimum absolute atomic E-state index is 0.0788. The van der Waals surface area contributed by atoms with Gasteiger partial charge in [-0.15, -0.1) is 0 Å². The maximum Gasteiger partial charge on any atom is 0.317 e. The van der Waals surface area contributed by atoms with Crippen molar-refractivity contribution >= 4 is 11.9 Å². The van der Waals surface area contributed by atoms with Crippen molar-refractivity contribution < 1.29 is 14.0 Å². The summed E-state index contributed by atoms with van der Waals surface area (Å²) in [4.78, 5) is 27.6. The highest BCUT2D eigenvalue weighted by atomic mass is 19.1. The van der Waals surface area contributed by atoms with Crippen molar-refractivity contribution in [2.75, 3.05) is 26.2 Å². The molecule has 1 heterocycles. The van der Waals surface area contributed by atoms with Crippen LogP contribution in [0.4, 0.5) is 9.18 Å². The maximum atomic E-state index is 13.7. The number of halogens is 1. The fourth-order valence-electron chi connectivity index (χ4n) is 2.32. The Bertz CT molecular complexity index is 561. The smallest absolute Gasteiger partial charge is 0.317 e. The number of carbonyl (C=O) groups excluding carboxylic acids is 2. The second kappa shape index (κ2) is 6.34. The molecular weight excluding hydrogens is 285 g/mol. The molecule has 1 aromatic carbocycles. The quantitative estimate of drug-likeness (QED) is 0.864. The molecule has 0 spiro atoms. The van der Waals surface area contributed by atoms with Gasteiger partial charge in [-0.25, -0.2) is 9.18 Å². The molecule has 22 heavy (non-hydrogen) atoms. The molecule has 1 aliphatic rings. The Morgan fingerprint density at radius 2 is 1.59 bits per heavy atom. The van der Waals surface area contributed by atoms with Crippen LogP contribution in [-0.2, 0) is 0 Å². The molecule has 2 rings (SSSR count). The number of nitrogens with one attached hydrogen (secondary N) is 1. The molecule has 1 aliphatic heterocycles. The summed E-state index contributed by atoms with van der Waals surface area (Å²) in [6, 6.07) is 5.83. The van der Waals surface area contributed by atoms with Gasteiger partial charge < -0.3 is 15.1 Å². The fraction of sp³-hybridized carbons (Fsp3) is 0.500. The van der Waals surface area contributed by atoms with Gasteiger partial charge in [-0.3, -0.25) is 4.79 Å². The molecule has 1 N–H and O–H groups in total. The van der Waals surface area contributed by atoms with Gasteiger partial charge in [-0.05, 0) is 32.9 Å². The summed E-state index contributed by atoms with van der Waals surface area (Å²) in [5, 5.41) is 2.90. The summed E-state index contributed by atoms with van der Waals surface area (Å²) in [6.45, 7) is 7.47. The van der Waals surface area contributed by atoms with Crippen LogP contribution in [-0.4, -0.2) is 53.5 Å². The van der Waals surface area contributed by atoms with Crippen LogP contribution in [0.3, 0.4) is 0 Å². The monoisotopic (exact) mass is 307 g/mol. The highest BCUT2D eigenvalue weighted by Crippen LogP contribution is 2.13. The highest BCUT2D eigenvalue weighted by molar-refractivity contribution is 5.94. The van der Waals surface area contributed by atoms with E-state index in [1.807, 2.05) is 20.8 Å². The van der Waals surface area contributed by atoms with Crippen molar-refractivity contribution in [2.24, 2.45) is 0 Å². The lowest BCUT2D eigenvalue weighted by molar-refractivity contribution is 0.0656. The summed E-state index contributed by atoms with van der Waals surface area (Å²) in [6.07, 6.45) is 0. The second-order valence-corrected chi connectivity index (χ2v) is 6.44. The topological polar surface area (TPSA) is 52.7 Å². The van der Waals surface area contributed by atoms with E-state index in [1.165, 1.54) is 12.1 Å². The molecule has 0 bridgehead atoms. The third-order valence-electron chi connectivity index (χ3n) is 3.44. The number of hydrogen-bond donors (Lipinski definition) is 1. The first kappa shape index (κ1) is 16.3. The molecular formula is C16H22FN3O2. The Labute approximate surface area is 130 Å². The van der Waals surface area contributed by atoms with Crippen LogP contribution < -0.4 is 5.32 Å². The first-order valence-electron chi connectivity index (χ1n) is 7.39. The summed E-state index contributed by atoms with van der Waals surface area (Å²) >= 11 is 0. The van der Waals surface area contributed by atoms with Crippen LogP contribution >= 0.6 is 0 Å². The van der Waals surface area contributed by atoms with E-state index in [-0.39, 0.29) is 23.0 Å². The maximum absolute atomic E-state index is 13.7. The summed E-state index contributed by atoms with van der Waals surface area (Å²) in [5.74, 6) is -0.839. The van der Waals surface area contributed by atoms with Crippen LogP contribution in [0.1, 0.15) is 31.1 Å². The average Bonchev–Trinajstić information content (AvgIpc) is 2.45. The summed E-state index contributed by atoms with van der Waals surface area (Å²) in [7, 11) is 0. The zero-order chi connectivity index (χ0) is 16.3. The van der Waals surface area contributed by atoms with E-state index in [2.05, 4.69) is 5.32 Å². The third kappa shape index (κ3) is 3.96. The Balaban J connectivity index is 1.94. The molecule has 6 heteroatoms. The van der Waals surface area contributed by atoms with E-state index in [0.717, 1.165) is 0 Å². The number of carbonyl (C=O) groups is 2. The third-order valence-corrected chi connectivity index (χ3v) is 3.44. The van der Waals surface area contributed by atoms with Crippen LogP contribution in [0.15, 0.2) is 24.3 Å². The zero-order valence-electron chi connectivity index (χ0n) is 13.2. The van der Waals surface area contributed by atoms with Gasteiger partial charge in [0.2, 0.25) is 0 Å². The lowest BCUT2D eigenvalue weighted by atomic mass is 10.1. The van der Waals surface area contributed by atoms with E-state index in [9.17, 15) is 14.0 Å². The molecule has 3 amide bonds. The molecule has 0 aromatic heterocycles. The van der Waals surface area contributed by atoms with E-state index in [1.54, 1.807) is 21.9 Å². The standard InChI is InChI=1S/C16H22FN3O2/c1-16(2,3)18-15(22)20-10-8-19(9-11-20)14(21)12-6-4-5-7-13(12)17/h4-7H,8-11H2,1-3H3,(H,18,22). The molecule has 1 saturated heterocycles. The molecule has 1 aromatic rings. The molecule has 0 saturated carbocycles. The molecule has 120 valence electrons. The number of urea groups is 1. The predicted molar refractivity (Wildman–Crippen MR) is 82.2 cm³/mol. The number of hydrogen-bond acceptors (Lipinski definition) is 2.